The molecule has 12 heavy (non-hydrogen) atoms. The monoisotopic (exact) mass is 173 g/mol. The van der Waals surface area contributed by atoms with Crippen molar-refractivity contribution in [2.75, 3.05) is 7.05 Å². The highest BCUT2D eigenvalue weighted by molar-refractivity contribution is 4.64. The smallest absolute Gasteiger partial charge is 0.00663 e. The molecule has 1 nitrogen and oxygen atoms in total. The maximum atomic E-state index is 3.33. The minimum atomic E-state index is 0.741. The molecule has 1 N–H and O–H groups in total. The number of nitrogens with one attached hydrogen (secondary N) is 1. The SMILES string of the molecule is CC.CCCC(CC(C)C)NC. The van der Waals surface area contributed by atoms with Gasteiger partial charge in [-0.1, -0.05) is 41.0 Å². The van der Waals surface area contributed by atoms with Crippen molar-refractivity contribution in [2.45, 2.75) is 59.9 Å². The Morgan fingerprint density at radius 3 is 1.92 bits per heavy atom. The third-order valence-electron chi connectivity index (χ3n) is 1.80. The minimum absolute atomic E-state index is 0.741. The molecule has 0 spiro atoms. The van der Waals surface area contributed by atoms with Crippen LogP contribution < -0.4 is 5.32 Å². The molecular formula is C11H27N. The van der Waals surface area contributed by atoms with E-state index in [4.69, 9.17) is 0 Å². The summed E-state index contributed by atoms with van der Waals surface area (Å²) in [7, 11) is 2.06. The van der Waals surface area contributed by atoms with E-state index in [1.54, 1.807) is 0 Å². The van der Waals surface area contributed by atoms with Crippen molar-refractivity contribution < 1.29 is 0 Å². The molecular weight excluding hydrogens is 146 g/mol. The lowest BCUT2D eigenvalue weighted by molar-refractivity contribution is 0.418. The minimum Gasteiger partial charge on any atom is -0.317 e. The van der Waals surface area contributed by atoms with Crippen molar-refractivity contribution in [2.24, 2.45) is 5.92 Å². The lowest BCUT2D eigenvalue weighted by Crippen LogP contribution is -2.26. The van der Waals surface area contributed by atoms with E-state index in [9.17, 15) is 0 Å². The zero-order valence-corrected chi connectivity index (χ0v) is 9.78. The van der Waals surface area contributed by atoms with Gasteiger partial charge in [0.05, 0.1) is 0 Å². The van der Waals surface area contributed by atoms with E-state index in [1.807, 2.05) is 13.8 Å². The van der Waals surface area contributed by atoms with E-state index in [1.165, 1.54) is 19.3 Å². The van der Waals surface area contributed by atoms with Crippen molar-refractivity contribution in [3.8, 4) is 0 Å². The first-order chi connectivity index (χ1) is 5.70. The molecule has 0 aromatic carbocycles. The van der Waals surface area contributed by atoms with Crippen LogP contribution in [0.5, 0.6) is 0 Å². The van der Waals surface area contributed by atoms with Crippen LogP contribution in [0, 0.1) is 5.92 Å². The molecule has 0 rings (SSSR count). The number of hydrogen-bond donors (Lipinski definition) is 1. The summed E-state index contributed by atoms with van der Waals surface area (Å²) in [5, 5.41) is 3.33. The molecule has 0 fully saturated rings. The van der Waals surface area contributed by atoms with Crippen LogP contribution in [-0.2, 0) is 0 Å². The topological polar surface area (TPSA) is 12.0 Å². The van der Waals surface area contributed by atoms with Crippen molar-refractivity contribution >= 4 is 0 Å². The van der Waals surface area contributed by atoms with Gasteiger partial charge in [0.1, 0.15) is 0 Å². The van der Waals surface area contributed by atoms with Gasteiger partial charge >= 0.3 is 0 Å². The highest BCUT2D eigenvalue weighted by atomic mass is 14.9. The average Bonchev–Trinajstić information content (AvgIpc) is 2.07. The second-order valence-electron chi connectivity index (χ2n) is 3.40. The third-order valence-corrected chi connectivity index (χ3v) is 1.80. The van der Waals surface area contributed by atoms with Gasteiger partial charge < -0.3 is 5.32 Å². The lowest BCUT2D eigenvalue weighted by Gasteiger charge is -2.16. The Hall–Kier alpha value is -0.0400. The van der Waals surface area contributed by atoms with E-state index in [0.29, 0.717) is 0 Å². The summed E-state index contributed by atoms with van der Waals surface area (Å²) in [6.45, 7) is 10.8. The quantitative estimate of drug-likeness (QED) is 0.671. The summed E-state index contributed by atoms with van der Waals surface area (Å²) in [6, 6.07) is 0.741. The lowest BCUT2D eigenvalue weighted by atomic mass is 10.0. The van der Waals surface area contributed by atoms with E-state index in [0.717, 1.165) is 12.0 Å². The molecule has 0 aliphatic rings. The Kier molecular flexibility index (Phi) is 13.2. The van der Waals surface area contributed by atoms with Gasteiger partial charge in [0.15, 0.2) is 0 Å². The van der Waals surface area contributed by atoms with E-state index >= 15 is 0 Å². The molecule has 76 valence electrons. The predicted octanol–water partition coefficient (Wildman–Crippen LogP) is 3.45. The van der Waals surface area contributed by atoms with Crippen LogP contribution in [0.3, 0.4) is 0 Å². The van der Waals surface area contributed by atoms with E-state index in [2.05, 4.69) is 33.1 Å². The van der Waals surface area contributed by atoms with Crippen LogP contribution in [0.2, 0.25) is 0 Å². The van der Waals surface area contributed by atoms with Gasteiger partial charge in [-0.05, 0) is 25.8 Å². The Morgan fingerprint density at radius 2 is 1.67 bits per heavy atom. The van der Waals surface area contributed by atoms with Crippen molar-refractivity contribution in [1.82, 2.24) is 5.32 Å². The van der Waals surface area contributed by atoms with Crippen LogP contribution in [0.15, 0.2) is 0 Å². The van der Waals surface area contributed by atoms with Gasteiger partial charge in [0, 0.05) is 6.04 Å². The molecule has 0 aromatic heterocycles. The molecule has 0 aliphatic heterocycles. The Bertz CT molecular complexity index is 69.4. The molecule has 0 bridgehead atoms. The van der Waals surface area contributed by atoms with Crippen molar-refractivity contribution in [1.29, 1.82) is 0 Å². The van der Waals surface area contributed by atoms with Gasteiger partial charge in [-0.25, -0.2) is 0 Å². The first-order valence-corrected chi connectivity index (χ1v) is 5.38. The predicted molar refractivity (Wildman–Crippen MR) is 58.6 cm³/mol. The van der Waals surface area contributed by atoms with Crippen LogP contribution in [0.25, 0.3) is 0 Å². The molecule has 0 amide bonds. The van der Waals surface area contributed by atoms with Crippen molar-refractivity contribution in [3.63, 3.8) is 0 Å². The molecule has 0 saturated heterocycles. The number of rotatable bonds is 5. The molecule has 1 atom stereocenters. The summed E-state index contributed by atoms with van der Waals surface area (Å²) in [5.74, 6) is 0.823. The van der Waals surface area contributed by atoms with Gasteiger partial charge in [-0.2, -0.15) is 0 Å². The summed E-state index contributed by atoms with van der Waals surface area (Å²) < 4.78 is 0. The highest BCUT2D eigenvalue weighted by Gasteiger charge is 2.05. The Balaban J connectivity index is 0. The maximum absolute atomic E-state index is 3.33. The zero-order chi connectivity index (χ0) is 9.98. The first kappa shape index (κ1) is 14.5. The molecule has 0 aliphatic carbocycles. The molecule has 1 unspecified atom stereocenters. The highest BCUT2D eigenvalue weighted by Crippen LogP contribution is 2.08. The third kappa shape index (κ3) is 9.96. The summed E-state index contributed by atoms with van der Waals surface area (Å²) in [6.07, 6.45) is 3.91. The van der Waals surface area contributed by atoms with E-state index < -0.39 is 0 Å². The second kappa shape index (κ2) is 11.0. The van der Waals surface area contributed by atoms with Crippen molar-refractivity contribution in [3.05, 3.63) is 0 Å². The van der Waals surface area contributed by atoms with Crippen LogP contribution in [0.1, 0.15) is 53.9 Å². The standard InChI is InChI=1S/C9H21N.C2H6/c1-5-6-9(10-4)7-8(2)3;1-2/h8-10H,5-7H2,1-4H3;1-2H3. The molecule has 0 radical (unpaired) electrons. The summed E-state index contributed by atoms with van der Waals surface area (Å²) in [4.78, 5) is 0. The molecule has 0 saturated carbocycles. The van der Waals surface area contributed by atoms with Gasteiger partial charge in [0.2, 0.25) is 0 Å². The Morgan fingerprint density at radius 1 is 1.17 bits per heavy atom. The first-order valence-electron chi connectivity index (χ1n) is 5.38. The average molecular weight is 173 g/mol. The van der Waals surface area contributed by atoms with Gasteiger partial charge in [-0.3, -0.25) is 0 Å². The fourth-order valence-electron chi connectivity index (χ4n) is 1.30. The molecule has 1 heteroatoms. The largest absolute Gasteiger partial charge is 0.317 e. The van der Waals surface area contributed by atoms with Crippen LogP contribution in [-0.4, -0.2) is 13.1 Å². The second-order valence-corrected chi connectivity index (χ2v) is 3.40. The van der Waals surface area contributed by atoms with Gasteiger partial charge in [0.25, 0.3) is 0 Å². The van der Waals surface area contributed by atoms with Gasteiger partial charge in [-0.15, -0.1) is 0 Å². The summed E-state index contributed by atoms with van der Waals surface area (Å²) in [5.41, 5.74) is 0. The normalized spacial score (nSPS) is 12.2. The fraction of sp³-hybridized carbons (Fsp3) is 1.00. The fourth-order valence-corrected chi connectivity index (χ4v) is 1.30. The van der Waals surface area contributed by atoms with E-state index in [-0.39, 0.29) is 0 Å². The maximum Gasteiger partial charge on any atom is 0.00663 e. The zero-order valence-electron chi connectivity index (χ0n) is 9.78. The van der Waals surface area contributed by atoms with Crippen LogP contribution >= 0.6 is 0 Å². The molecule has 0 aromatic rings. The Labute approximate surface area is 78.9 Å². The molecule has 0 heterocycles. The summed E-state index contributed by atoms with van der Waals surface area (Å²) >= 11 is 0. The number of hydrogen-bond acceptors (Lipinski definition) is 1. The van der Waals surface area contributed by atoms with Crippen LogP contribution in [0.4, 0.5) is 0 Å².